The summed E-state index contributed by atoms with van der Waals surface area (Å²) in [7, 11) is 3.72. The van der Waals surface area contributed by atoms with Crippen molar-refractivity contribution in [2.45, 2.75) is 51.6 Å². The lowest BCUT2D eigenvalue weighted by atomic mass is 10.0. The Morgan fingerprint density at radius 2 is 2.10 bits per heavy atom. The third-order valence-electron chi connectivity index (χ3n) is 5.36. The molecule has 2 aromatic rings. The highest BCUT2D eigenvalue weighted by atomic mass is 19.1. The van der Waals surface area contributed by atoms with Crippen LogP contribution in [0.4, 0.5) is 10.2 Å². The van der Waals surface area contributed by atoms with Gasteiger partial charge in [-0.15, -0.1) is 0 Å². The van der Waals surface area contributed by atoms with Gasteiger partial charge in [-0.1, -0.05) is 12.1 Å². The Hall–Kier alpha value is -2.54. The van der Waals surface area contributed by atoms with E-state index in [1.54, 1.807) is 13.0 Å². The van der Waals surface area contributed by atoms with Crippen molar-refractivity contribution >= 4 is 11.7 Å². The second kappa shape index (κ2) is 9.78. The molecule has 1 amide bonds. The quantitative estimate of drug-likeness (QED) is 0.712. The molecule has 1 fully saturated rings. The molecule has 3 rings (SSSR count). The minimum Gasteiger partial charge on any atom is -0.373 e. The fourth-order valence-corrected chi connectivity index (χ4v) is 3.85. The van der Waals surface area contributed by atoms with Gasteiger partial charge in [-0.2, -0.15) is 0 Å². The lowest BCUT2D eigenvalue weighted by molar-refractivity contribution is -0.132. The molecule has 1 aliphatic heterocycles. The Morgan fingerprint density at radius 1 is 1.28 bits per heavy atom. The summed E-state index contributed by atoms with van der Waals surface area (Å²) in [6, 6.07) is 7.01. The zero-order valence-electron chi connectivity index (χ0n) is 17.5. The van der Waals surface area contributed by atoms with Crippen LogP contribution in [0.1, 0.15) is 54.4 Å². The average Bonchev–Trinajstić information content (AvgIpc) is 3.20. The fraction of sp³-hybridized carbons (Fsp3) is 0.500. The van der Waals surface area contributed by atoms with Crippen LogP contribution in [0.25, 0.3) is 0 Å². The highest BCUT2D eigenvalue weighted by Crippen LogP contribution is 2.31. The van der Waals surface area contributed by atoms with Crippen LogP contribution in [-0.4, -0.2) is 41.4 Å². The van der Waals surface area contributed by atoms with E-state index in [9.17, 15) is 9.18 Å². The van der Waals surface area contributed by atoms with Crippen LogP contribution in [0, 0.1) is 12.7 Å². The van der Waals surface area contributed by atoms with Crippen molar-refractivity contribution in [3.8, 4) is 0 Å². The maximum absolute atomic E-state index is 13.4. The first kappa shape index (κ1) is 21.2. The summed E-state index contributed by atoms with van der Waals surface area (Å²) in [6.45, 7) is 3.16. The molecule has 0 radical (unpaired) electrons. The molecule has 1 atom stereocenters. The van der Waals surface area contributed by atoms with Gasteiger partial charge in [0.1, 0.15) is 11.6 Å². The number of aromatic nitrogens is 2. The molecule has 29 heavy (non-hydrogen) atoms. The Kier molecular flexibility index (Phi) is 7.14. The van der Waals surface area contributed by atoms with Gasteiger partial charge in [-0.05, 0) is 56.8 Å². The lowest BCUT2D eigenvalue weighted by Gasteiger charge is -2.24. The molecule has 6 nitrogen and oxygen atoms in total. The zero-order chi connectivity index (χ0) is 20.8. The van der Waals surface area contributed by atoms with Crippen LogP contribution in [-0.2, 0) is 17.8 Å². The first-order chi connectivity index (χ1) is 14.0. The van der Waals surface area contributed by atoms with Gasteiger partial charge in [0.05, 0.1) is 11.7 Å². The van der Waals surface area contributed by atoms with Crippen molar-refractivity contribution in [1.29, 1.82) is 0 Å². The van der Waals surface area contributed by atoms with Crippen molar-refractivity contribution in [3.05, 3.63) is 52.7 Å². The SMILES string of the molecule is CNCc1cc(NC)nc([C@H]2CCCN2C(=O)CCCc2ccc(F)c(C)c2)n1. The predicted octanol–water partition coefficient (Wildman–Crippen LogP) is 3.37. The van der Waals surface area contributed by atoms with Crippen LogP contribution in [0.3, 0.4) is 0 Å². The Morgan fingerprint density at radius 3 is 2.83 bits per heavy atom. The first-order valence-electron chi connectivity index (χ1n) is 10.3. The van der Waals surface area contributed by atoms with Crippen molar-refractivity contribution in [2.24, 2.45) is 0 Å². The van der Waals surface area contributed by atoms with E-state index in [4.69, 9.17) is 0 Å². The van der Waals surface area contributed by atoms with Crippen LogP contribution < -0.4 is 10.6 Å². The minimum atomic E-state index is -0.189. The smallest absolute Gasteiger partial charge is 0.223 e. The number of carbonyl (C=O) groups is 1. The number of halogens is 1. The number of aryl methyl sites for hydroxylation is 2. The monoisotopic (exact) mass is 399 g/mol. The van der Waals surface area contributed by atoms with Crippen molar-refractivity contribution < 1.29 is 9.18 Å². The molecule has 0 unspecified atom stereocenters. The van der Waals surface area contributed by atoms with E-state index in [2.05, 4.69) is 20.6 Å². The van der Waals surface area contributed by atoms with E-state index < -0.39 is 0 Å². The predicted molar refractivity (Wildman–Crippen MR) is 112 cm³/mol. The number of benzene rings is 1. The third-order valence-corrected chi connectivity index (χ3v) is 5.36. The van der Waals surface area contributed by atoms with Crippen molar-refractivity contribution in [1.82, 2.24) is 20.2 Å². The van der Waals surface area contributed by atoms with Crippen molar-refractivity contribution in [3.63, 3.8) is 0 Å². The molecule has 2 N–H and O–H groups in total. The third kappa shape index (κ3) is 5.29. The van der Waals surface area contributed by atoms with Crippen LogP contribution in [0.5, 0.6) is 0 Å². The number of hydrogen-bond acceptors (Lipinski definition) is 5. The summed E-state index contributed by atoms with van der Waals surface area (Å²) in [4.78, 5) is 24.1. The Labute approximate surface area is 171 Å². The number of hydrogen-bond donors (Lipinski definition) is 2. The molecule has 0 bridgehead atoms. The summed E-state index contributed by atoms with van der Waals surface area (Å²) in [5.41, 5.74) is 2.62. The minimum absolute atomic E-state index is 0.0699. The van der Waals surface area contributed by atoms with E-state index in [-0.39, 0.29) is 17.8 Å². The molecular weight excluding hydrogens is 369 g/mol. The summed E-state index contributed by atoms with van der Waals surface area (Å²) < 4.78 is 13.4. The molecule has 0 aliphatic carbocycles. The van der Waals surface area contributed by atoms with Gasteiger partial charge in [-0.3, -0.25) is 4.79 Å². The first-order valence-corrected chi connectivity index (χ1v) is 10.3. The number of nitrogens with one attached hydrogen (secondary N) is 2. The molecular formula is C22H30FN5O. The van der Waals surface area contributed by atoms with Crippen molar-refractivity contribution in [2.75, 3.05) is 26.0 Å². The van der Waals surface area contributed by atoms with Crippen LogP contribution in [0.15, 0.2) is 24.3 Å². The summed E-state index contributed by atoms with van der Waals surface area (Å²) in [5.74, 6) is 1.43. The second-order valence-electron chi connectivity index (χ2n) is 7.57. The molecule has 7 heteroatoms. The molecule has 0 spiro atoms. The van der Waals surface area contributed by atoms with Crippen LogP contribution in [0.2, 0.25) is 0 Å². The maximum Gasteiger partial charge on any atom is 0.223 e. The zero-order valence-corrected chi connectivity index (χ0v) is 17.5. The standard InChI is InChI=1S/C22H30FN5O/c1-15-12-16(9-10-18(15)23)6-4-8-21(29)28-11-5-7-19(28)22-26-17(14-24-2)13-20(25-3)27-22/h9-10,12-13,19,24H,4-8,11,14H2,1-3H3,(H,25,26,27)/t19-/m1/s1. The number of anilines is 1. The number of carbonyl (C=O) groups excluding carboxylic acids is 1. The molecule has 1 saturated heterocycles. The second-order valence-corrected chi connectivity index (χ2v) is 7.57. The summed E-state index contributed by atoms with van der Waals surface area (Å²) in [6.07, 6.45) is 3.83. The Bertz CT molecular complexity index is 857. The average molecular weight is 400 g/mol. The highest BCUT2D eigenvalue weighted by molar-refractivity contribution is 5.77. The number of likely N-dealkylation sites (tertiary alicyclic amines) is 1. The lowest BCUT2D eigenvalue weighted by Crippen LogP contribution is -2.31. The van der Waals surface area contributed by atoms with E-state index in [1.165, 1.54) is 6.07 Å². The van der Waals surface area contributed by atoms with Gasteiger partial charge >= 0.3 is 0 Å². The molecule has 0 saturated carbocycles. The molecule has 1 aliphatic rings. The number of nitrogens with zero attached hydrogens (tertiary/aromatic N) is 3. The van der Waals surface area contributed by atoms with Gasteiger partial charge in [0.25, 0.3) is 0 Å². The number of rotatable bonds is 8. The summed E-state index contributed by atoms with van der Waals surface area (Å²) >= 11 is 0. The maximum atomic E-state index is 13.4. The fourth-order valence-electron chi connectivity index (χ4n) is 3.85. The molecule has 156 valence electrons. The molecule has 2 heterocycles. The topological polar surface area (TPSA) is 70.2 Å². The normalized spacial score (nSPS) is 16.3. The van der Waals surface area contributed by atoms with E-state index in [1.807, 2.05) is 31.1 Å². The van der Waals surface area contributed by atoms with Gasteiger partial charge < -0.3 is 15.5 Å². The van der Waals surface area contributed by atoms with Gasteiger partial charge in [0.2, 0.25) is 5.91 Å². The van der Waals surface area contributed by atoms with Gasteiger partial charge in [-0.25, -0.2) is 14.4 Å². The van der Waals surface area contributed by atoms with E-state index in [0.29, 0.717) is 24.4 Å². The van der Waals surface area contributed by atoms with Gasteiger partial charge in [0, 0.05) is 32.6 Å². The van der Waals surface area contributed by atoms with E-state index in [0.717, 1.165) is 49.3 Å². The Balaban J connectivity index is 1.64. The van der Waals surface area contributed by atoms with E-state index >= 15 is 0 Å². The molecule has 1 aromatic heterocycles. The highest BCUT2D eigenvalue weighted by Gasteiger charge is 2.32. The summed E-state index contributed by atoms with van der Waals surface area (Å²) in [5, 5.41) is 6.20. The van der Waals surface area contributed by atoms with Gasteiger partial charge in [0.15, 0.2) is 5.82 Å². The van der Waals surface area contributed by atoms with Crippen LogP contribution >= 0.6 is 0 Å². The molecule has 1 aromatic carbocycles. The largest absolute Gasteiger partial charge is 0.373 e. The number of amides is 1.